The van der Waals surface area contributed by atoms with Gasteiger partial charge in [-0.2, -0.15) is 0 Å². The molecule has 0 atom stereocenters. The second kappa shape index (κ2) is 5.28. The molecule has 2 aromatic carbocycles. The summed E-state index contributed by atoms with van der Waals surface area (Å²) in [6, 6.07) is 11.6. The van der Waals surface area contributed by atoms with E-state index in [0.29, 0.717) is 5.56 Å². The first-order valence-corrected chi connectivity index (χ1v) is 6.25. The second-order valence-electron chi connectivity index (χ2n) is 4.49. The largest absolute Gasteiger partial charge is 0.319 e. The zero-order valence-corrected chi connectivity index (χ0v) is 10.8. The Morgan fingerprint density at radius 3 is 2.71 bits per heavy atom. The molecule has 1 N–H and O–H groups in total. The van der Waals surface area contributed by atoms with Gasteiger partial charge in [0.1, 0.15) is 11.6 Å². The zero-order chi connectivity index (χ0) is 14.8. The Morgan fingerprint density at radius 1 is 1.05 bits per heavy atom. The number of nitrogens with one attached hydrogen (secondary N) is 1. The van der Waals surface area contributed by atoms with Crippen molar-refractivity contribution in [3.05, 3.63) is 71.9 Å². The number of carbonyl (C=O) groups is 1. The maximum absolute atomic E-state index is 13.5. The van der Waals surface area contributed by atoms with Gasteiger partial charge in [-0.25, -0.2) is 8.78 Å². The number of hydrogen-bond donors (Lipinski definition) is 1. The number of benzene rings is 2. The van der Waals surface area contributed by atoms with Crippen LogP contribution in [0.3, 0.4) is 0 Å². The Morgan fingerprint density at radius 2 is 1.90 bits per heavy atom. The van der Waals surface area contributed by atoms with E-state index < -0.39 is 17.5 Å². The molecule has 1 amide bonds. The van der Waals surface area contributed by atoms with E-state index in [9.17, 15) is 13.6 Å². The van der Waals surface area contributed by atoms with Gasteiger partial charge in [-0.3, -0.25) is 9.78 Å². The maximum atomic E-state index is 13.5. The van der Waals surface area contributed by atoms with Crippen LogP contribution in [0, 0.1) is 11.6 Å². The van der Waals surface area contributed by atoms with Gasteiger partial charge in [0.25, 0.3) is 5.91 Å². The summed E-state index contributed by atoms with van der Waals surface area (Å²) in [6.45, 7) is 0. The molecule has 1 heterocycles. The van der Waals surface area contributed by atoms with E-state index in [1.54, 1.807) is 30.5 Å². The standard InChI is InChI=1S/C16H10F2N2O/c17-12-4-6-15(13(18)9-12)20-16(21)11-3-5-14-10(8-11)2-1-7-19-14/h1-9H,(H,20,21). The summed E-state index contributed by atoms with van der Waals surface area (Å²) >= 11 is 0. The van der Waals surface area contributed by atoms with Gasteiger partial charge in [0.2, 0.25) is 0 Å². The Labute approximate surface area is 119 Å². The van der Waals surface area contributed by atoms with Crippen molar-refractivity contribution < 1.29 is 13.6 Å². The normalized spacial score (nSPS) is 10.6. The first-order valence-electron chi connectivity index (χ1n) is 6.25. The number of amides is 1. The molecular formula is C16H10F2N2O. The van der Waals surface area contributed by atoms with E-state index in [1.807, 2.05) is 6.07 Å². The predicted molar refractivity (Wildman–Crippen MR) is 76.1 cm³/mol. The molecule has 0 spiro atoms. The number of aromatic nitrogens is 1. The average molecular weight is 284 g/mol. The first kappa shape index (κ1) is 13.2. The molecule has 0 saturated heterocycles. The molecule has 0 aliphatic heterocycles. The van der Waals surface area contributed by atoms with E-state index in [2.05, 4.69) is 10.3 Å². The fraction of sp³-hybridized carbons (Fsp3) is 0. The molecular weight excluding hydrogens is 274 g/mol. The molecule has 3 nitrogen and oxygen atoms in total. The topological polar surface area (TPSA) is 42.0 Å². The molecule has 1 aromatic heterocycles. The van der Waals surface area contributed by atoms with Crippen molar-refractivity contribution in [2.45, 2.75) is 0 Å². The van der Waals surface area contributed by atoms with Crippen LogP contribution >= 0.6 is 0 Å². The van der Waals surface area contributed by atoms with Crippen LogP contribution in [0.4, 0.5) is 14.5 Å². The van der Waals surface area contributed by atoms with Crippen LogP contribution in [0.15, 0.2) is 54.7 Å². The van der Waals surface area contributed by atoms with Crippen molar-refractivity contribution in [3.8, 4) is 0 Å². The van der Waals surface area contributed by atoms with Crippen molar-refractivity contribution in [2.75, 3.05) is 5.32 Å². The van der Waals surface area contributed by atoms with Crippen molar-refractivity contribution in [1.29, 1.82) is 0 Å². The molecule has 0 radical (unpaired) electrons. The summed E-state index contributed by atoms with van der Waals surface area (Å²) in [6.07, 6.45) is 1.66. The number of fused-ring (bicyclic) bond motifs is 1. The van der Waals surface area contributed by atoms with Gasteiger partial charge in [-0.05, 0) is 36.4 Å². The highest BCUT2D eigenvalue weighted by Crippen LogP contribution is 2.18. The minimum atomic E-state index is -0.814. The Balaban J connectivity index is 1.89. The molecule has 0 fully saturated rings. The van der Waals surface area contributed by atoms with Gasteiger partial charge in [-0.1, -0.05) is 6.07 Å². The first-order chi connectivity index (χ1) is 10.1. The summed E-state index contributed by atoms with van der Waals surface area (Å²) in [5, 5.41) is 3.23. The van der Waals surface area contributed by atoms with E-state index >= 15 is 0 Å². The van der Waals surface area contributed by atoms with Crippen molar-refractivity contribution >= 4 is 22.5 Å². The smallest absolute Gasteiger partial charge is 0.255 e. The summed E-state index contributed by atoms with van der Waals surface area (Å²) in [5.41, 5.74) is 1.08. The summed E-state index contributed by atoms with van der Waals surface area (Å²) in [7, 11) is 0. The lowest BCUT2D eigenvalue weighted by molar-refractivity contribution is 0.102. The SMILES string of the molecule is O=C(Nc1ccc(F)cc1F)c1ccc2ncccc2c1. The van der Waals surface area contributed by atoms with E-state index in [0.717, 1.165) is 23.0 Å². The second-order valence-corrected chi connectivity index (χ2v) is 4.49. The van der Waals surface area contributed by atoms with Crippen molar-refractivity contribution in [3.63, 3.8) is 0 Å². The quantitative estimate of drug-likeness (QED) is 0.778. The monoisotopic (exact) mass is 284 g/mol. The van der Waals surface area contributed by atoms with Crippen LogP contribution in [0.5, 0.6) is 0 Å². The van der Waals surface area contributed by atoms with Gasteiger partial charge in [0.15, 0.2) is 0 Å². The molecule has 0 aliphatic carbocycles. The Hall–Kier alpha value is -2.82. The molecule has 3 rings (SSSR count). The summed E-state index contributed by atoms with van der Waals surface area (Å²) in [4.78, 5) is 16.3. The van der Waals surface area contributed by atoms with Crippen LogP contribution < -0.4 is 5.32 Å². The highest BCUT2D eigenvalue weighted by Gasteiger charge is 2.10. The molecule has 0 unspecified atom stereocenters. The third-order valence-electron chi connectivity index (χ3n) is 3.04. The van der Waals surface area contributed by atoms with E-state index in [-0.39, 0.29) is 5.69 Å². The van der Waals surface area contributed by atoms with Gasteiger partial charge < -0.3 is 5.32 Å². The number of halogens is 2. The molecule has 0 saturated carbocycles. The summed E-state index contributed by atoms with van der Waals surface area (Å²) < 4.78 is 26.3. The molecule has 0 bridgehead atoms. The van der Waals surface area contributed by atoms with Gasteiger partial charge >= 0.3 is 0 Å². The third-order valence-corrected chi connectivity index (χ3v) is 3.04. The van der Waals surface area contributed by atoms with Crippen molar-refractivity contribution in [1.82, 2.24) is 4.98 Å². The Bertz CT molecular complexity index is 833. The van der Waals surface area contributed by atoms with Crippen LogP contribution in [0.25, 0.3) is 10.9 Å². The predicted octanol–water partition coefficient (Wildman–Crippen LogP) is 3.77. The highest BCUT2D eigenvalue weighted by atomic mass is 19.1. The zero-order valence-electron chi connectivity index (χ0n) is 10.8. The lowest BCUT2D eigenvalue weighted by Gasteiger charge is -2.07. The van der Waals surface area contributed by atoms with Gasteiger partial charge in [0.05, 0.1) is 11.2 Å². The Kier molecular flexibility index (Phi) is 3.31. The van der Waals surface area contributed by atoms with Crippen LogP contribution in [-0.2, 0) is 0 Å². The maximum Gasteiger partial charge on any atom is 0.255 e. The highest BCUT2D eigenvalue weighted by molar-refractivity contribution is 6.06. The van der Waals surface area contributed by atoms with Gasteiger partial charge in [0, 0.05) is 23.2 Å². The molecule has 3 aromatic rings. The number of carbonyl (C=O) groups excluding carboxylic acids is 1. The molecule has 5 heteroatoms. The summed E-state index contributed by atoms with van der Waals surface area (Å²) in [5.74, 6) is -1.97. The van der Waals surface area contributed by atoms with Crippen LogP contribution in [0.2, 0.25) is 0 Å². The minimum absolute atomic E-state index is 0.0623. The number of hydrogen-bond acceptors (Lipinski definition) is 2. The number of pyridine rings is 1. The van der Waals surface area contributed by atoms with Crippen LogP contribution in [-0.4, -0.2) is 10.9 Å². The number of rotatable bonds is 2. The number of anilines is 1. The fourth-order valence-corrected chi connectivity index (χ4v) is 2.00. The molecule has 104 valence electrons. The average Bonchev–Trinajstić information content (AvgIpc) is 2.49. The van der Waals surface area contributed by atoms with E-state index in [1.165, 1.54) is 6.07 Å². The van der Waals surface area contributed by atoms with Crippen LogP contribution in [0.1, 0.15) is 10.4 Å². The molecule has 21 heavy (non-hydrogen) atoms. The van der Waals surface area contributed by atoms with Crippen molar-refractivity contribution in [2.24, 2.45) is 0 Å². The minimum Gasteiger partial charge on any atom is -0.319 e. The molecule has 0 aliphatic rings. The van der Waals surface area contributed by atoms with Gasteiger partial charge in [-0.15, -0.1) is 0 Å². The number of nitrogens with zero attached hydrogens (tertiary/aromatic N) is 1. The third kappa shape index (κ3) is 2.72. The lowest BCUT2D eigenvalue weighted by atomic mass is 10.1. The van der Waals surface area contributed by atoms with E-state index in [4.69, 9.17) is 0 Å². The fourth-order valence-electron chi connectivity index (χ4n) is 2.00. The lowest BCUT2D eigenvalue weighted by Crippen LogP contribution is -2.13.